The molecule has 0 spiro atoms. The molecule has 1 atom stereocenters. The second kappa shape index (κ2) is 5.21. The molecule has 84 valence electrons. The Labute approximate surface area is 112 Å². The SMILES string of the molecule is Clc1cc(Br)ccc1C(Cl)Cc1ncc[nH]1. The fraction of sp³-hybridized carbons (Fsp3) is 0.182. The zero-order valence-electron chi connectivity index (χ0n) is 8.25. The van der Waals surface area contributed by atoms with Crippen molar-refractivity contribution >= 4 is 39.1 Å². The van der Waals surface area contributed by atoms with Crippen LogP contribution in [0.15, 0.2) is 35.1 Å². The predicted octanol–water partition coefficient (Wildman–Crippen LogP) is 4.35. The maximum absolute atomic E-state index is 6.30. The van der Waals surface area contributed by atoms with E-state index >= 15 is 0 Å². The van der Waals surface area contributed by atoms with Crippen LogP contribution in [-0.2, 0) is 6.42 Å². The highest BCUT2D eigenvalue weighted by molar-refractivity contribution is 9.10. The lowest BCUT2D eigenvalue weighted by Crippen LogP contribution is -1.98. The molecule has 0 saturated heterocycles. The first kappa shape index (κ1) is 12.0. The molecule has 2 nitrogen and oxygen atoms in total. The monoisotopic (exact) mass is 318 g/mol. The Morgan fingerprint density at radius 1 is 1.44 bits per heavy atom. The van der Waals surface area contributed by atoms with E-state index in [0.717, 1.165) is 15.9 Å². The first-order valence-corrected chi connectivity index (χ1v) is 6.35. The van der Waals surface area contributed by atoms with Crippen molar-refractivity contribution in [3.63, 3.8) is 0 Å². The predicted molar refractivity (Wildman–Crippen MR) is 70.0 cm³/mol. The van der Waals surface area contributed by atoms with E-state index in [9.17, 15) is 0 Å². The highest BCUT2D eigenvalue weighted by atomic mass is 79.9. The molecule has 0 aliphatic heterocycles. The summed E-state index contributed by atoms with van der Waals surface area (Å²) < 4.78 is 0.947. The van der Waals surface area contributed by atoms with Gasteiger partial charge < -0.3 is 4.98 Å². The van der Waals surface area contributed by atoms with Crippen LogP contribution in [0.1, 0.15) is 16.8 Å². The standard InChI is InChI=1S/C11H9BrCl2N2/c12-7-1-2-8(9(13)5-7)10(14)6-11-15-3-4-16-11/h1-5,10H,6H2,(H,15,16). The number of hydrogen-bond donors (Lipinski definition) is 1. The van der Waals surface area contributed by atoms with Gasteiger partial charge in [-0.25, -0.2) is 4.98 Å². The van der Waals surface area contributed by atoms with Gasteiger partial charge in [0.25, 0.3) is 0 Å². The summed E-state index contributed by atoms with van der Waals surface area (Å²) in [4.78, 5) is 7.16. The Hall–Kier alpha value is -0.510. The summed E-state index contributed by atoms with van der Waals surface area (Å²) in [6.45, 7) is 0. The van der Waals surface area contributed by atoms with Gasteiger partial charge in [0.05, 0.1) is 5.38 Å². The van der Waals surface area contributed by atoms with Crippen molar-refractivity contribution < 1.29 is 0 Å². The van der Waals surface area contributed by atoms with Gasteiger partial charge in [-0.2, -0.15) is 0 Å². The van der Waals surface area contributed by atoms with Gasteiger partial charge in [0.2, 0.25) is 0 Å². The van der Waals surface area contributed by atoms with E-state index in [0.29, 0.717) is 11.4 Å². The quantitative estimate of drug-likeness (QED) is 0.837. The van der Waals surface area contributed by atoms with Crippen molar-refractivity contribution in [1.82, 2.24) is 9.97 Å². The molecule has 2 aromatic rings. The summed E-state index contributed by atoms with van der Waals surface area (Å²) in [5.74, 6) is 0.860. The number of halogens is 3. The molecule has 1 aromatic carbocycles. The molecule has 0 aliphatic rings. The molecular formula is C11H9BrCl2N2. The third-order valence-electron chi connectivity index (χ3n) is 2.23. The third-order valence-corrected chi connectivity index (χ3v) is 3.44. The summed E-state index contributed by atoms with van der Waals surface area (Å²) in [6.07, 6.45) is 4.13. The zero-order valence-corrected chi connectivity index (χ0v) is 11.4. The van der Waals surface area contributed by atoms with E-state index in [4.69, 9.17) is 23.2 Å². The van der Waals surface area contributed by atoms with Gasteiger partial charge in [0.15, 0.2) is 0 Å². The molecule has 0 bridgehead atoms. The highest BCUT2D eigenvalue weighted by Gasteiger charge is 2.13. The third kappa shape index (κ3) is 2.78. The molecule has 0 saturated carbocycles. The Bertz CT molecular complexity index is 471. The minimum Gasteiger partial charge on any atom is -0.349 e. The molecule has 2 rings (SSSR count). The van der Waals surface area contributed by atoms with Crippen molar-refractivity contribution in [3.05, 3.63) is 51.5 Å². The summed E-state index contributed by atoms with van der Waals surface area (Å²) >= 11 is 15.8. The maximum Gasteiger partial charge on any atom is 0.107 e. The maximum atomic E-state index is 6.30. The van der Waals surface area contributed by atoms with E-state index < -0.39 is 0 Å². The summed E-state index contributed by atoms with van der Waals surface area (Å²) in [5.41, 5.74) is 0.919. The molecule has 1 heterocycles. The normalized spacial score (nSPS) is 12.7. The molecule has 0 amide bonds. The van der Waals surface area contributed by atoms with Crippen molar-refractivity contribution in [2.24, 2.45) is 0 Å². The minimum absolute atomic E-state index is 0.174. The lowest BCUT2D eigenvalue weighted by atomic mass is 10.1. The second-order valence-electron chi connectivity index (χ2n) is 3.37. The van der Waals surface area contributed by atoms with Crippen LogP contribution in [0.2, 0.25) is 5.02 Å². The highest BCUT2D eigenvalue weighted by Crippen LogP contribution is 2.31. The molecule has 0 radical (unpaired) electrons. The minimum atomic E-state index is -0.174. The Morgan fingerprint density at radius 2 is 2.25 bits per heavy atom. The number of aromatic amines is 1. The summed E-state index contributed by atoms with van der Waals surface area (Å²) in [6, 6.07) is 5.69. The van der Waals surface area contributed by atoms with Gasteiger partial charge in [-0.1, -0.05) is 33.6 Å². The second-order valence-corrected chi connectivity index (χ2v) is 5.22. The Morgan fingerprint density at radius 3 is 2.88 bits per heavy atom. The molecule has 1 unspecified atom stereocenters. The van der Waals surface area contributed by atoms with Crippen LogP contribution >= 0.6 is 39.1 Å². The van der Waals surface area contributed by atoms with E-state index in [1.54, 1.807) is 12.4 Å². The largest absolute Gasteiger partial charge is 0.349 e. The lowest BCUT2D eigenvalue weighted by Gasteiger charge is -2.10. The molecular weight excluding hydrogens is 311 g/mol. The Balaban J connectivity index is 2.17. The van der Waals surface area contributed by atoms with Crippen LogP contribution in [0.5, 0.6) is 0 Å². The van der Waals surface area contributed by atoms with Crippen LogP contribution in [0, 0.1) is 0 Å². The molecule has 5 heteroatoms. The van der Waals surface area contributed by atoms with Gasteiger partial charge in [-0.3, -0.25) is 0 Å². The van der Waals surface area contributed by atoms with Crippen molar-refractivity contribution in [2.45, 2.75) is 11.8 Å². The number of imidazole rings is 1. The van der Waals surface area contributed by atoms with Gasteiger partial charge in [-0.15, -0.1) is 11.6 Å². The van der Waals surface area contributed by atoms with E-state index in [-0.39, 0.29) is 5.38 Å². The summed E-state index contributed by atoms with van der Waals surface area (Å²) in [7, 11) is 0. The van der Waals surface area contributed by atoms with Crippen molar-refractivity contribution in [1.29, 1.82) is 0 Å². The molecule has 16 heavy (non-hydrogen) atoms. The van der Waals surface area contributed by atoms with Gasteiger partial charge in [-0.05, 0) is 17.7 Å². The molecule has 0 aliphatic carbocycles. The lowest BCUT2D eigenvalue weighted by molar-refractivity contribution is 0.855. The van der Waals surface area contributed by atoms with Crippen LogP contribution in [0.4, 0.5) is 0 Å². The van der Waals surface area contributed by atoms with Crippen LogP contribution < -0.4 is 0 Å². The van der Waals surface area contributed by atoms with Gasteiger partial charge >= 0.3 is 0 Å². The van der Waals surface area contributed by atoms with Gasteiger partial charge in [0, 0.05) is 28.3 Å². The first-order valence-electron chi connectivity index (χ1n) is 4.74. The van der Waals surface area contributed by atoms with Gasteiger partial charge in [0.1, 0.15) is 5.82 Å². The zero-order chi connectivity index (χ0) is 11.5. The van der Waals surface area contributed by atoms with Crippen LogP contribution in [0.3, 0.4) is 0 Å². The van der Waals surface area contributed by atoms with E-state index in [1.165, 1.54) is 0 Å². The topological polar surface area (TPSA) is 28.7 Å². The average molecular weight is 320 g/mol. The Kier molecular flexibility index (Phi) is 3.90. The molecule has 1 N–H and O–H groups in total. The van der Waals surface area contributed by atoms with Crippen LogP contribution in [-0.4, -0.2) is 9.97 Å². The number of H-pyrrole nitrogens is 1. The molecule has 0 fully saturated rings. The van der Waals surface area contributed by atoms with Crippen molar-refractivity contribution in [2.75, 3.05) is 0 Å². The number of rotatable bonds is 3. The number of nitrogens with one attached hydrogen (secondary N) is 1. The smallest absolute Gasteiger partial charge is 0.107 e. The average Bonchev–Trinajstić information content (AvgIpc) is 2.70. The van der Waals surface area contributed by atoms with E-state index in [2.05, 4.69) is 25.9 Å². The number of benzene rings is 1. The number of hydrogen-bond acceptors (Lipinski definition) is 1. The first-order chi connectivity index (χ1) is 7.66. The fourth-order valence-electron chi connectivity index (χ4n) is 1.44. The van der Waals surface area contributed by atoms with E-state index in [1.807, 2.05) is 18.2 Å². The summed E-state index contributed by atoms with van der Waals surface area (Å²) in [5, 5.41) is 0.493. The molecule has 1 aromatic heterocycles. The fourth-order valence-corrected chi connectivity index (χ4v) is 2.64. The number of alkyl halides is 1. The number of aromatic nitrogens is 2. The number of nitrogens with zero attached hydrogens (tertiary/aromatic N) is 1. The van der Waals surface area contributed by atoms with Crippen LogP contribution in [0.25, 0.3) is 0 Å². The van der Waals surface area contributed by atoms with Crippen molar-refractivity contribution in [3.8, 4) is 0 Å².